The summed E-state index contributed by atoms with van der Waals surface area (Å²) >= 11 is 0. The lowest BCUT2D eigenvalue weighted by Crippen LogP contribution is -2.21. The van der Waals surface area contributed by atoms with E-state index in [1.807, 2.05) is 60.7 Å². The molecular weight excluding hydrogens is 332 g/mol. The van der Waals surface area contributed by atoms with E-state index in [0.717, 1.165) is 15.8 Å². The van der Waals surface area contributed by atoms with Gasteiger partial charge in [0.25, 0.3) is 0 Å². The van der Waals surface area contributed by atoms with Gasteiger partial charge in [0, 0.05) is 5.56 Å². The van der Waals surface area contributed by atoms with Crippen molar-refractivity contribution in [2.45, 2.75) is 13.5 Å². The first-order valence-corrected chi connectivity index (χ1v) is 8.22. The minimum atomic E-state index is -0.721. The summed E-state index contributed by atoms with van der Waals surface area (Å²) < 4.78 is 11.3. The van der Waals surface area contributed by atoms with E-state index < -0.39 is 12.1 Å². The van der Waals surface area contributed by atoms with Crippen LogP contribution in [0.2, 0.25) is 0 Å². The maximum absolute atomic E-state index is 12.5. The molecule has 0 amide bonds. The quantitative estimate of drug-likeness (QED) is 0.653. The number of ether oxygens (including phenoxy) is 2. The molecule has 3 rings (SSSR count). The van der Waals surface area contributed by atoms with Gasteiger partial charge >= 0.3 is 12.1 Å². The lowest BCUT2D eigenvalue weighted by atomic mass is 10.1. The summed E-state index contributed by atoms with van der Waals surface area (Å²) in [4.78, 5) is 24.7. The molecule has 3 aromatic rings. The molecule has 0 bridgehead atoms. The molecule has 1 aromatic heterocycles. The van der Waals surface area contributed by atoms with Gasteiger partial charge in [-0.15, -0.1) is 0 Å². The Balaban J connectivity index is 1.87. The Kier molecular flexibility index (Phi) is 5.43. The molecule has 0 saturated heterocycles. The molecule has 0 atom stereocenters. The van der Waals surface area contributed by atoms with Crippen molar-refractivity contribution < 1.29 is 19.1 Å². The number of nitrogens with zero attached hydrogens (tertiary/aromatic N) is 2. The van der Waals surface area contributed by atoms with E-state index in [0.29, 0.717) is 5.69 Å². The third kappa shape index (κ3) is 3.97. The molecule has 0 unspecified atom stereocenters. The first-order valence-electron chi connectivity index (χ1n) is 8.22. The number of benzene rings is 2. The van der Waals surface area contributed by atoms with Crippen molar-refractivity contribution in [1.29, 1.82) is 0 Å². The van der Waals surface area contributed by atoms with Gasteiger partial charge in [-0.25, -0.2) is 9.59 Å². The number of rotatable bonds is 5. The first kappa shape index (κ1) is 17.4. The standard InChI is InChI=1S/C20H18N2O4/c1-2-25-20(24)22-18(13-17(21-22)16-11-7-4-8-12-16)19(23)26-14-15-9-5-3-6-10-15/h3-13H,2,14H2,1H3. The summed E-state index contributed by atoms with van der Waals surface area (Å²) in [6.07, 6.45) is -0.721. The Morgan fingerprint density at radius 1 is 0.962 bits per heavy atom. The van der Waals surface area contributed by atoms with Crippen LogP contribution in [0, 0.1) is 0 Å². The Hall–Kier alpha value is -3.41. The van der Waals surface area contributed by atoms with Gasteiger partial charge in [-0.05, 0) is 18.6 Å². The molecule has 0 radical (unpaired) electrons. The fraction of sp³-hybridized carbons (Fsp3) is 0.150. The molecule has 6 heteroatoms. The summed E-state index contributed by atoms with van der Waals surface area (Å²) in [5.74, 6) is -0.642. The van der Waals surface area contributed by atoms with Crippen LogP contribution in [-0.2, 0) is 16.1 Å². The van der Waals surface area contributed by atoms with Crippen LogP contribution in [-0.4, -0.2) is 28.4 Å². The van der Waals surface area contributed by atoms with E-state index in [1.165, 1.54) is 6.07 Å². The van der Waals surface area contributed by atoms with Crippen molar-refractivity contribution in [3.8, 4) is 11.3 Å². The second kappa shape index (κ2) is 8.11. The molecule has 0 aliphatic heterocycles. The number of hydrogen-bond donors (Lipinski definition) is 0. The zero-order valence-corrected chi connectivity index (χ0v) is 14.3. The summed E-state index contributed by atoms with van der Waals surface area (Å²) in [5.41, 5.74) is 2.16. The van der Waals surface area contributed by atoms with Gasteiger partial charge in [0.1, 0.15) is 6.61 Å². The summed E-state index contributed by atoms with van der Waals surface area (Å²) in [5, 5.41) is 4.22. The molecule has 0 saturated carbocycles. The molecule has 6 nitrogen and oxygen atoms in total. The Bertz CT molecular complexity index is 889. The van der Waals surface area contributed by atoms with Crippen LogP contribution >= 0.6 is 0 Å². The number of aromatic nitrogens is 2. The number of carbonyl (C=O) groups excluding carboxylic acids is 2. The van der Waals surface area contributed by atoms with Gasteiger partial charge in [-0.1, -0.05) is 60.7 Å². The summed E-state index contributed by atoms with van der Waals surface area (Å²) in [6.45, 7) is 1.97. The van der Waals surface area contributed by atoms with Crippen LogP contribution in [0.15, 0.2) is 66.7 Å². The molecular formula is C20H18N2O4. The van der Waals surface area contributed by atoms with Gasteiger partial charge in [0.05, 0.1) is 12.3 Å². The number of hydrogen-bond acceptors (Lipinski definition) is 5. The zero-order valence-electron chi connectivity index (χ0n) is 14.3. The van der Waals surface area contributed by atoms with Gasteiger partial charge < -0.3 is 9.47 Å². The van der Waals surface area contributed by atoms with E-state index in [9.17, 15) is 9.59 Å². The SMILES string of the molecule is CCOC(=O)n1nc(-c2ccccc2)cc1C(=O)OCc1ccccc1. The third-order valence-electron chi connectivity index (χ3n) is 3.64. The fourth-order valence-corrected chi connectivity index (χ4v) is 2.40. The Morgan fingerprint density at radius 2 is 1.62 bits per heavy atom. The van der Waals surface area contributed by atoms with Crippen molar-refractivity contribution in [2.24, 2.45) is 0 Å². The third-order valence-corrected chi connectivity index (χ3v) is 3.64. The van der Waals surface area contributed by atoms with Gasteiger partial charge in [-0.2, -0.15) is 9.78 Å². The largest absolute Gasteiger partial charge is 0.456 e. The van der Waals surface area contributed by atoms with Crippen molar-refractivity contribution >= 4 is 12.1 Å². The number of esters is 1. The predicted molar refractivity (Wildman–Crippen MR) is 95.6 cm³/mol. The van der Waals surface area contributed by atoms with Crippen LogP contribution in [0.1, 0.15) is 23.0 Å². The molecule has 0 aliphatic rings. The fourth-order valence-electron chi connectivity index (χ4n) is 2.40. The molecule has 132 valence electrons. The topological polar surface area (TPSA) is 70.4 Å². The van der Waals surface area contributed by atoms with Crippen molar-refractivity contribution in [3.63, 3.8) is 0 Å². The minimum Gasteiger partial charge on any atom is -0.456 e. The Morgan fingerprint density at radius 3 is 2.27 bits per heavy atom. The maximum Gasteiger partial charge on any atom is 0.435 e. The smallest absolute Gasteiger partial charge is 0.435 e. The van der Waals surface area contributed by atoms with Gasteiger partial charge in [-0.3, -0.25) is 0 Å². The van der Waals surface area contributed by atoms with E-state index in [4.69, 9.17) is 9.47 Å². The molecule has 2 aromatic carbocycles. The van der Waals surface area contributed by atoms with E-state index in [-0.39, 0.29) is 18.9 Å². The van der Waals surface area contributed by atoms with E-state index in [2.05, 4.69) is 5.10 Å². The highest BCUT2D eigenvalue weighted by molar-refractivity contribution is 5.93. The first-order chi connectivity index (χ1) is 12.7. The molecule has 0 spiro atoms. The molecule has 1 heterocycles. The van der Waals surface area contributed by atoms with Crippen LogP contribution < -0.4 is 0 Å². The lowest BCUT2D eigenvalue weighted by molar-refractivity contribution is 0.0456. The maximum atomic E-state index is 12.5. The zero-order chi connectivity index (χ0) is 18.4. The molecule has 0 aliphatic carbocycles. The van der Waals surface area contributed by atoms with Gasteiger partial charge in [0.2, 0.25) is 0 Å². The van der Waals surface area contributed by atoms with Crippen molar-refractivity contribution in [1.82, 2.24) is 9.78 Å². The Labute approximate surface area is 151 Å². The van der Waals surface area contributed by atoms with Crippen LogP contribution in [0.5, 0.6) is 0 Å². The lowest BCUT2D eigenvalue weighted by Gasteiger charge is -2.06. The molecule has 26 heavy (non-hydrogen) atoms. The average molecular weight is 350 g/mol. The van der Waals surface area contributed by atoms with Crippen molar-refractivity contribution in [2.75, 3.05) is 6.61 Å². The van der Waals surface area contributed by atoms with E-state index >= 15 is 0 Å². The highest BCUT2D eigenvalue weighted by Gasteiger charge is 2.22. The second-order valence-corrected chi connectivity index (χ2v) is 5.45. The minimum absolute atomic E-state index is 0.0261. The summed E-state index contributed by atoms with van der Waals surface area (Å²) in [6, 6.07) is 20.1. The summed E-state index contributed by atoms with van der Waals surface area (Å²) in [7, 11) is 0. The number of carbonyl (C=O) groups is 2. The predicted octanol–water partition coefficient (Wildman–Crippen LogP) is 3.91. The molecule has 0 fully saturated rings. The normalized spacial score (nSPS) is 10.3. The monoisotopic (exact) mass is 350 g/mol. The average Bonchev–Trinajstić information content (AvgIpc) is 3.13. The van der Waals surface area contributed by atoms with Gasteiger partial charge in [0.15, 0.2) is 5.69 Å². The highest BCUT2D eigenvalue weighted by Crippen LogP contribution is 2.20. The van der Waals surface area contributed by atoms with Crippen LogP contribution in [0.25, 0.3) is 11.3 Å². The van der Waals surface area contributed by atoms with Crippen LogP contribution in [0.3, 0.4) is 0 Å². The molecule has 0 N–H and O–H groups in total. The van der Waals surface area contributed by atoms with Crippen molar-refractivity contribution in [3.05, 3.63) is 78.0 Å². The van der Waals surface area contributed by atoms with Crippen LogP contribution in [0.4, 0.5) is 4.79 Å². The van der Waals surface area contributed by atoms with E-state index in [1.54, 1.807) is 6.92 Å². The highest BCUT2D eigenvalue weighted by atomic mass is 16.6. The second-order valence-electron chi connectivity index (χ2n) is 5.45.